The van der Waals surface area contributed by atoms with Crippen molar-refractivity contribution in [2.75, 3.05) is 13.1 Å². The van der Waals surface area contributed by atoms with Crippen LogP contribution < -0.4 is 10.6 Å². The van der Waals surface area contributed by atoms with E-state index >= 15 is 0 Å². The maximum Gasteiger partial charge on any atom is 0.408 e. The molecule has 0 heterocycles. The third kappa shape index (κ3) is 7.84. The molecule has 1 aliphatic rings. The van der Waals surface area contributed by atoms with Crippen molar-refractivity contribution in [2.45, 2.75) is 90.8 Å². The topological polar surface area (TPSA) is 87.7 Å². The van der Waals surface area contributed by atoms with E-state index in [2.05, 4.69) is 17.6 Å². The molecule has 0 aromatic heterocycles. The highest BCUT2D eigenvalue weighted by atomic mass is 16.6. The summed E-state index contributed by atoms with van der Waals surface area (Å²) in [5.74, 6) is -0.458. The summed E-state index contributed by atoms with van der Waals surface area (Å²) in [6, 6.07) is 6.98. The lowest BCUT2D eigenvalue weighted by Gasteiger charge is -2.42. The summed E-state index contributed by atoms with van der Waals surface area (Å²) in [4.78, 5) is 40.4. The molecule has 1 fully saturated rings. The molecule has 2 rings (SSSR count). The number of nitrogens with zero attached hydrogens (tertiary/aromatic N) is 1. The second-order valence-corrected chi connectivity index (χ2v) is 9.56. The minimum Gasteiger partial charge on any atom is -0.444 e. The average molecular weight is 446 g/mol. The van der Waals surface area contributed by atoms with E-state index in [1.54, 1.807) is 25.7 Å². The molecule has 3 amide bonds. The van der Waals surface area contributed by atoms with Crippen molar-refractivity contribution in [1.82, 2.24) is 15.5 Å². The first-order chi connectivity index (χ1) is 15.1. The third-order valence-corrected chi connectivity index (χ3v) is 5.50. The Morgan fingerprint density at radius 1 is 1.16 bits per heavy atom. The summed E-state index contributed by atoms with van der Waals surface area (Å²) in [5.41, 5.74) is 1.16. The van der Waals surface area contributed by atoms with E-state index in [9.17, 15) is 14.4 Å². The normalized spacial score (nSPS) is 14.8. The van der Waals surface area contributed by atoms with Gasteiger partial charge in [0.05, 0.1) is 0 Å². The lowest BCUT2D eigenvalue weighted by molar-refractivity contribution is -0.145. The van der Waals surface area contributed by atoms with E-state index in [0.29, 0.717) is 6.54 Å². The van der Waals surface area contributed by atoms with Crippen molar-refractivity contribution in [2.24, 2.45) is 0 Å². The third-order valence-electron chi connectivity index (χ3n) is 5.50. The van der Waals surface area contributed by atoms with Crippen LogP contribution in [0.5, 0.6) is 0 Å². The summed E-state index contributed by atoms with van der Waals surface area (Å²) < 4.78 is 5.25. The highest BCUT2D eigenvalue weighted by molar-refractivity contribution is 5.90. The van der Waals surface area contributed by atoms with E-state index < -0.39 is 17.7 Å². The van der Waals surface area contributed by atoms with Crippen molar-refractivity contribution >= 4 is 17.9 Å². The molecule has 32 heavy (non-hydrogen) atoms. The van der Waals surface area contributed by atoms with Gasteiger partial charge in [0, 0.05) is 12.6 Å². The Bertz CT molecular complexity index is 784. The average Bonchev–Trinajstić information content (AvgIpc) is 2.66. The number of aryl methyl sites for hydroxylation is 1. The highest BCUT2D eigenvalue weighted by Gasteiger charge is 2.38. The number of carbonyl (C=O) groups is 3. The van der Waals surface area contributed by atoms with Crippen LogP contribution in [0.25, 0.3) is 0 Å². The molecule has 0 spiro atoms. The molecule has 7 nitrogen and oxygen atoms in total. The van der Waals surface area contributed by atoms with Gasteiger partial charge in [0.25, 0.3) is 0 Å². The molecule has 1 unspecified atom stereocenters. The Labute approximate surface area is 192 Å². The molecule has 0 radical (unpaired) electrons. The van der Waals surface area contributed by atoms with E-state index in [1.807, 2.05) is 31.2 Å². The SMILES string of the molecule is CCCCCNC(=O)C(c1cccc(C)c1)N(C(=O)CNC(=O)OC(C)(C)C)C1CCC1. The number of benzene rings is 1. The van der Waals surface area contributed by atoms with Gasteiger partial charge < -0.3 is 20.3 Å². The molecule has 0 bridgehead atoms. The molecule has 1 aromatic carbocycles. The van der Waals surface area contributed by atoms with Crippen LogP contribution in [0.1, 0.15) is 83.4 Å². The maximum atomic E-state index is 13.3. The largest absolute Gasteiger partial charge is 0.444 e. The molecule has 178 valence electrons. The molecular weight excluding hydrogens is 406 g/mol. The first kappa shape index (κ1) is 25.7. The van der Waals surface area contributed by atoms with Crippen molar-refractivity contribution in [3.05, 3.63) is 35.4 Å². The minimum atomic E-state index is -0.727. The van der Waals surface area contributed by atoms with Crippen molar-refractivity contribution in [3.8, 4) is 0 Å². The molecule has 1 aliphatic carbocycles. The Hall–Kier alpha value is -2.57. The van der Waals surface area contributed by atoms with Crippen molar-refractivity contribution in [3.63, 3.8) is 0 Å². The standard InChI is InChI=1S/C25H39N3O4/c1-6-7-8-15-26-23(30)22(19-12-9-11-18(2)16-19)28(20-13-10-14-20)21(29)17-27-24(31)32-25(3,4)5/h9,11-12,16,20,22H,6-8,10,13-15,17H2,1-5H3,(H,26,30)(H,27,31). The number of carbonyl (C=O) groups excluding carboxylic acids is 3. The molecule has 1 aromatic rings. The van der Waals surface area contributed by atoms with Gasteiger partial charge >= 0.3 is 6.09 Å². The molecule has 7 heteroatoms. The Balaban J connectivity index is 2.23. The van der Waals surface area contributed by atoms with Crippen LogP contribution >= 0.6 is 0 Å². The van der Waals surface area contributed by atoms with Gasteiger partial charge in [0.2, 0.25) is 11.8 Å². The van der Waals surface area contributed by atoms with Gasteiger partial charge in [-0.05, 0) is 58.9 Å². The monoisotopic (exact) mass is 445 g/mol. The van der Waals surface area contributed by atoms with Gasteiger partial charge in [0.1, 0.15) is 18.2 Å². The second-order valence-electron chi connectivity index (χ2n) is 9.56. The van der Waals surface area contributed by atoms with E-state index in [-0.39, 0.29) is 24.4 Å². The Morgan fingerprint density at radius 2 is 1.88 bits per heavy atom. The van der Waals surface area contributed by atoms with Gasteiger partial charge in [-0.25, -0.2) is 4.79 Å². The smallest absolute Gasteiger partial charge is 0.408 e. The van der Waals surface area contributed by atoms with Crippen molar-refractivity contribution < 1.29 is 19.1 Å². The Morgan fingerprint density at radius 3 is 2.44 bits per heavy atom. The molecular formula is C25H39N3O4. The minimum absolute atomic E-state index is 0.0187. The molecule has 1 atom stereocenters. The van der Waals surface area contributed by atoms with Crippen LogP contribution in [-0.4, -0.2) is 47.5 Å². The van der Waals surface area contributed by atoms with Crippen molar-refractivity contribution in [1.29, 1.82) is 0 Å². The van der Waals surface area contributed by atoms with Crippen LogP contribution in [0, 0.1) is 6.92 Å². The first-order valence-electron chi connectivity index (χ1n) is 11.7. The lowest BCUT2D eigenvalue weighted by atomic mass is 9.88. The molecule has 2 N–H and O–H groups in total. The fraction of sp³-hybridized carbons (Fsp3) is 0.640. The quantitative estimate of drug-likeness (QED) is 0.527. The van der Waals surface area contributed by atoms with Gasteiger partial charge in [-0.1, -0.05) is 49.6 Å². The summed E-state index contributed by atoms with van der Waals surface area (Å²) in [6.45, 7) is 9.77. The summed E-state index contributed by atoms with van der Waals surface area (Å²) in [6.07, 6.45) is 5.09. The number of nitrogens with one attached hydrogen (secondary N) is 2. The number of unbranched alkanes of at least 4 members (excludes halogenated alkanes) is 2. The van der Waals surface area contributed by atoms with Gasteiger partial charge in [-0.3, -0.25) is 9.59 Å². The zero-order valence-electron chi connectivity index (χ0n) is 20.2. The highest BCUT2D eigenvalue weighted by Crippen LogP contribution is 2.33. The number of amides is 3. The molecule has 0 saturated heterocycles. The van der Waals surface area contributed by atoms with E-state index in [1.165, 1.54) is 0 Å². The lowest BCUT2D eigenvalue weighted by Crippen LogP contribution is -2.54. The van der Waals surface area contributed by atoms with Gasteiger partial charge in [-0.2, -0.15) is 0 Å². The van der Waals surface area contributed by atoms with Crippen LogP contribution in [0.2, 0.25) is 0 Å². The summed E-state index contributed by atoms with van der Waals surface area (Å²) >= 11 is 0. The summed E-state index contributed by atoms with van der Waals surface area (Å²) in [7, 11) is 0. The number of hydrogen-bond donors (Lipinski definition) is 2. The second kappa shape index (κ2) is 11.9. The van der Waals surface area contributed by atoms with Gasteiger partial charge in [0.15, 0.2) is 0 Å². The Kier molecular flexibility index (Phi) is 9.54. The van der Waals surface area contributed by atoms with Crippen LogP contribution in [0.4, 0.5) is 4.79 Å². The zero-order valence-corrected chi connectivity index (χ0v) is 20.2. The van der Waals surface area contributed by atoms with Gasteiger partial charge in [-0.15, -0.1) is 0 Å². The predicted molar refractivity (Wildman–Crippen MR) is 125 cm³/mol. The number of alkyl carbamates (subject to hydrolysis) is 1. The molecule has 1 saturated carbocycles. The summed E-state index contributed by atoms with van der Waals surface area (Å²) in [5, 5.41) is 5.58. The molecule has 0 aliphatic heterocycles. The van der Waals surface area contributed by atoms with Crippen LogP contribution in [0.15, 0.2) is 24.3 Å². The van der Waals surface area contributed by atoms with Crippen LogP contribution in [0.3, 0.4) is 0 Å². The zero-order chi connectivity index (χ0) is 23.7. The maximum absolute atomic E-state index is 13.3. The number of rotatable bonds is 10. The first-order valence-corrected chi connectivity index (χ1v) is 11.7. The fourth-order valence-electron chi connectivity index (χ4n) is 3.74. The van der Waals surface area contributed by atoms with Crippen LogP contribution in [-0.2, 0) is 14.3 Å². The van der Waals surface area contributed by atoms with E-state index in [0.717, 1.165) is 49.7 Å². The number of hydrogen-bond acceptors (Lipinski definition) is 4. The fourth-order valence-corrected chi connectivity index (χ4v) is 3.74. The predicted octanol–water partition coefficient (Wildman–Crippen LogP) is 4.25. The number of ether oxygens (including phenoxy) is 1. The van der Waals surface area contributed by atoms with E-state index in [4.69, 9.17) is 4.74 Å².